The number of carbonyl (C=O) groups is 2. The summed E-state index contributed by atoms with van der Waals surface area (Å²) in [7, 11) is 0. The van der Waals surface area contributed by atoms with Gasteiger partial charge in [-0.05, 0) is 12.1 Å². The van der Waals surface area contributed by atoms with Gasteiger partial charge in [-0.3, -0.25) is 4.79 Å². The van der Waals surface area contributed by atoms with Crippen LogP contribution in [0.15, 0.2) is 12.1 Å². The third-order valence-corrected chi connectivity index (χ3v) is 2.84. The van der Waals surface area contributed by atoms with Gasteiger partial charge in [0.1, 0.15) is 0 Å². The van der Waals surface area contributed by atoms with Crippen LogP contribution in [0.25, 0.3) is 0 Å². The van der Waals surface area contributed by atoms with Crippen LogP contribution in [0.5, 0.6) is 0 Å². The molecule has 1 aromatic rings. The van der Waals surface area contributed by atoms with E-state index in [1.54, 1.807) is 0 Å². The van der Waals surface area contributed by atoms with Crippen LogP contribution >= 0.6 is 39.1 Å². The first-order valence-corrected chi connectivity index (χ1v) is 5.98. The summed E-state index contributed by atoms with van der Waals surface area (Å²) in [5.74, 6) is -0.158. The largest absolute Gasteiger partial charge is 0.351 e. The van der Waals surface area contributed by atoms with Gasteiger partial charge >= 0.3 is 6.03 Å². The number of halogens is 3. The molecule has 0 aliphatic rings. The highest BCUT2D eigenvalue weighted by Gasteiger charge is 2.13. The Bertz CT molecular complexity index is 428. The highest BCUT2D eigenvalue weighted by atomic mass is 79.9. The van der Waals surface area contributed by atoms with Gasteiger partial charge in [0.15, 0.2) is 5.78 Å². The van der Waals surface area contributed by atoms with Crippen LogP contribution in [0.2, 0.25) is 10.0 Å². The molecule has 0 aromatic heterocycles. The molecule has 0 atom stereocenters. The number of primary amides is 1. The molecule has 7 heteroatoms. The number of amides is 2. The zero-order valence-electron chi connectivity index (χ0n) is 7.89. The molecule has 0 saturated heterocycles. The summed E-state index contributed by atoms with van der Waals surface area (Å²) in [6, 6.07) is 2.06. The van der Waals surface area contributed by atoms with Crippen LogP contribution in [0.4, 0.5) is 10.5 Å². The molecular weight excluding hydrogens is 319 g/mol. The Hall–Kier alpha value is -0.780. The van der Waals surface area contributed by atoms with E-state index in [2.05, 4.69) is 21.2 Å². The minimum Gasteiger partial charge on any atom is -0.351 e. The van der Waals surface area contributed by atoms with Crippen molar-refractivity contribution in [2.45, 2.75) is 0 Å². The minimum atomic E-state index is -0.775. The molecule has 0 saturated carbocycles. The van der Waals surface area contributed by atoms with Gasteiger partial charge in [0.25, 0.3) is 0 Å². The Morgan fingerprint density at radius 3 is 2.19 bits per heavy atom. The van der Waals surface area contributed by atoms with Crippen LogP contribution in [0.1, 0.15) is 10.4 Å². The number of benzene rings is 1. The van der Waals surface area contributed by atoms with E-state index < -0.39 is 6.03 Å². The zero-order chi connectivity index (χ0) is 12.3. The molecule has 3 N–H and O–H groups in total. The molecule has 0 heterocycles. The van der Waals surface area contributed by atoms with E-state index in [0.717, 1.165) is 0 Å². The first-order valence-electron chi connectivity index (χ1n) is 4.10. The maximum absolute atomic E-state index is 11.4. The number of anilines is 1. The van der Waals surface area contributed by atoms with Crippen molar-refractivity contribution in [3.8, 4) is 0 Å². The van der Waals surface area contributed by atoms with Crippen molar-refractivity contribution in [1.82, 2.24) is 0 Å². The summed E-state index contributed by atoms with van der Waals surface area (Å²) in [6.07, 6.45) is 0. The van der Waals surface area contributed by atoms with Crippen LogP contribution in [-0.4, -0.2) is 17.1 Å². The maximum Gasteiger partial charge on any atom is 0.316 e. The van der Waals surface area contributed by atoms with E-state index in [1.807, 2.05) is 0 Å². The Kier molecular flexibility index (Phi) is 4.58. The Labute approximate surface area is 110 Å². The topological polar surface area (TPSA) is 72.2 Å². The van der Waals surface area contributed by atoms with Crippen molar-refractivity contribution in [3.05, 3.63) is 27.7 Å². The SMILES string of the molecule is NC(=O)Nc1c(Cl)cc(C(=O)CBr)cc1Cl. The number of urea groups is 1. The van der Waals surface area contributed by atoms with Crippen molar-refractivity contribution < 1.29 is 9.59 Å². The van der Waals surface area contributed by atoms with Crippen molar-refractivity contribution in [2.75, 3.05) is 10.6 Å². The number of ketones is 1. The third-order valence-electron chi connectivity index (χ3n) is 1.73. The molecular formula is C9H7BrCl2N2O2. The van der Waals surface area contributed by atoms with Crippen LogP contribution in [0, 0.1) is 0 Å². The predicted molar refractivity (Wildman–Crippen MR) is 67.8 cm³/mol. The quantitative estimate of drug-likeness (QED) is 0.662. The monoisotopic (exact) mass is 324 g/mol. The summed E-state index contributed by atoms with van der Waals surface area (Å²) in [5, 5.41) is 2.77. The van der Waals surface area contributed by atoms with E-state index in [9.17, 15) is 9.59 Å². The van der Waals surface area contributed by atoms with Crippen molar-refractivity contribution in [1.29, 1.82) is 0 Å². The Morgan fingerprint density at radius 2 is 1.81 bits per heavy atom. The van der Waals surface area contributed by atoms with Gasteiger partial charge < -0.3 is 11.1 Å². The fourth-order valence-corrected chi connectivity index (χ4v) is 1.96. The normalized spacial score (nSPS) is 9.94. The Balaban J connectivity index is 3.17. The van der Waals surface area contributed by atoms with E-state index in [0.29, 0.717) is 5.56 Å². The zero-order valence-corrected chi connectivity index (χ0v) is 11.0. The standard InChI is InChI=1S/C9H7BrCl2N2O2/c10-3-7(15)4-1-5(11)8(6(12)2-4)14-9(13)16/h1-2H,3H2,(H3,13,14,16). The number of rotatable bonds is 3. The molecule has 0 aliphatic heterocycles. The average Bonchev–Trinajstić information content (AvgIpc) is 2.21. The minimum absolute atomic E-state index is 0.158. The first-order chi connectivity index (χ1) is 7.45. The fourth-order valence-electron chi connectivity index (χ4n) is 1.05. The van der Waals surface area contributed by atoms with Crippen LogP contribution in [-0.2, 0) is 0 Å². The molecule has 4 nitrogen and oxygen atoms in total. The summed E-state index contributed by atoms with van der Waals surface area (Å²) < 4.78 is 0. The lowest BCUT2D eigenvalue weighted by Crippen LogP contribution is -2.20. The smallest absolute Gasteiger partial charge is 0.316 e. The van der Waals surface area contributed by atoms with Gasteiger partial charge in [-0.15, -0.1) is 0 Å². The summed E-state index contributed by atoms with van der Waals surface area (Å²) >= 11 is 14.7. The number of hydrogen-bond acceptors (Lipinski definition) is 2. The lowest BCUT2D eigenvalue weighted by atomic mass is 10.1. The summed E-state index contributed by atoms with van der Waals surface area (Å²) in [4.78, 5) is 22.0. The number of carbonyl (C=O) groups excluding carboxylic acids is 2. The van der Waals surface area contributed by atoms with Crippen molar-refractivity contribution >= 4 is 56.6 Å². The molecule has 0 fully saturated rings. The Morgan fingerprint density at radius 1 is 1.31 bits per heavy atom. The lowest BCUT2D eigenvalue weighted by Gasteiger charge is -2.08. The van der Waals surface area contributed by atoms with Gasteiger partial charge in [0.2, 0.25) is 0 Å². The van der Waals surface area contributed by atoms with E-state index in [1.165, 1.54) is 12.1 Å². The number of hydrogen-bond donors (Lipinski definition) is 2. The molecule has 16 heavy (non-hydrogen) atoms. The second-order valence-corrected chi connectivity index (χ2v) is 4.24. The molecule has 0 bridgehead atoms. The number of nitrogens with two attached hydrogens (primary N) is 1. The van der Waals surface area contributed by atoms with Crippen LogP contribution in [0.3, 0.4) is 0 Å². The average molecular weight is 326 g/mol. The van der Waals surface area contributed by atoms with Crippen LogP contribution < -0.4 is 11.1 Å². The van der Waals surface area contributed by atoms with E-state index in [-0.39, 0.29) is 26.8 Å². The second kappa shape index (κ2) is 5.52. The first kappa shape index (κ1) is 13.3. The predicted octanol–water partition coefficient (Wildman–Crippen LogP) is 3.06. The van der Waals surface area contributed by atoms with Gasteiger partial charge in [-0.1, -0.05) is 39.1 Å². The van der Waals surface area contributed by atoms with Crippen molar-refractivity contribution in [3.63, 3.8) is 0 Å². The van der Waals surface area contributed by atoms with Gasteiger partial charge in [-0.2, -0.15) is 0 Å². The number of alkyl halides is 1. The summed E-state index contributed by atoms with van der Waals surface area (Å²) in [6.45, 7) is 0. The second-order valence-electron chi connectivity index (χ2n) is 2.86. The van der Waals surface area contributed by atoms with Crippen molar-refractivity contribution in [2.24, 2.45) is 5.73 Å². The molecule has 2 amide bonds. The number of nitrogens with one attached hydrogen (secondary N) is 1. The third kappa shape index (κ3) is 3.10. The van der Waals surface area contributed by atoms with Gasteiger partial charge in [0, 0.05) is 5.56 Å². The van der Waals surface area contributed by atoms with Gasteiger partial charge in [0.05, 0.1) is 21.1 Å². The highest BCUT2D eigenvalue weighted by molar-refractivity contribution is 9.09. The molecule has 1 aromatic carbocycles. The van der Waals surface area contributed by atoms with E-state index in [4.69, 9.17) is 28.9 Å². The number of Topliss-reactive ketones (excluding diaryl/α,β-unsaturated/α-hetero) is 1. The summed E-state index contributed by atoms with van der Waals surface area (Å²) in [5.41, 5.74) is 5.50. The molecule has 1 rings (SSSR count). The van der Waals surface area contributed by atoms with E-state index >= 15 is 0 Å². The molecule has 0 aliphatic carbocycles. The lowest BCUT2D eigenvalue weighted by molar-refractivity contribution is 0.102. The molecule has 0 unspecified atom stereocenters. The van der Waals surface area contributed by atoms with Gasteiger partial charge in [-0.25, -0.2) is 4.79 Å². The molecule has 86 valence electrons. The fraction of sp³-hybridized carbons (Fsp3) is 0.111. The molecule has 0 radical (unpaired) electrons. The maximum atomic E-state index is 11.4. The molecule has 0 spiro atoms. The highest BCUT2D eigenvalue weighted by Crippen LogP contribution is 2.32.